The number of nitrogens with zero attached hydrogens (tertiary/aromatic N) is 2. The number of anilines is 1. The highest BCUT2D eigenvalue weighted by atomic mass is 16.6. The second kappa shape index (κ2) is 15.9. The number of carboxylic acids is 1. The third kappa shape index (κ3) is 11.8. The number of alkyl carbamates (subject to hydrolysis) is 1. The van der Waals surface area contributed by atoms with Crippen molar-refractivity contribution in [3.63, 3.8) is 0 Å². The van der Waals surface area contributed by atoms with E-state index in [0.29, 0.717) is 17.8 Å². The van der Waals surface area contributed by atoms with Gasteiger partial charge in [0.15, 0.2) is 0 Å². The first-order valence-corrected chi connectivity index (χ1v) is 14.2. The van der Waals surface area contributed by atoms with Crippen LogP contribution in [-0.4, -0.2) is 44.8 Å². The van der Waals surface area contributed by atoms with Crippen LogP contribution in [0.4, 0.5) is 10.5 Å². The molecular weight excluding hydrogens is 548 g/mol. The first kappa shape index (κ1) is 32.6. The van der Waals surface area contributed by atoms with Crippen LogP contribution in [0, 0.1) is 11.8 Å². The predicted octanol–water partition coefficient (Wildman–Crippen LogP) is 5.46. The van der Waals surface area contributed by atoms with Gasteiger partial charge in [0.25, 0.3) is 11.5 Å². The number of carbonyl (C=O) groups is 3. The van der Waals surface area contributed by atoms with Gasteiger partial charge in [0, 0.05) is 54.3 Å². The van der Waals surface area contributed by atoms with E-state index in [1.54, 1.807) is 30.6 Å². The fourth-order valence-electron chi connectivity index (χ4n) is 4.12. The fourth-order valence-corrected chi connectivity index (χ4v) is 4.12. The monoisotopic (exact) mass is 586 g/mol. The minimum Gasteiger partial charge on any atom is -0.480 e. The number of rotatable bonds is 12. The van der Waals surface area contributed by atoms with E-state index in [4.69, 9.17) is 9.84 Å². The number of hydrogen-bond acceptors (Lipinski definition) is 6. The molecule has 226 valence electrons. The lowest BCUT2D eigenvalue weighted by atomic mass is 10.0. The highest BCUT2D eigenvalue weighted by Gasteiger charge is 2.15. The van der Waals surface area contributed by atoms with Gasteiger partial charge in [-0.1, -0.05) is 43.2 Å². The number of carbonyl (C=O) groups excluding carboxylic acids is 2. The number of pyridine rings is 2. The maximum Gasteiger partial charge on any atom is 0.407 e. The molecule has 2 amide bonds. The van der Waals surface area contributed by atoms with Gasteiger partial charge in [-0.3, -0.25) is 19.4 Å². The molecule has 0 aliphatic heterocycles. The Balaban J connectivity index is 1.47. The fraction of sp³-hybridized carbons (Fsp3) is 0.364. The lowest BCUT2D eigenvalue weighted by Crippen LogP contribution is -2.32. The number of carboxylic acid groups (broad SMARTS) is 1. The summed E-state index contributed by atoms with van der Waals surface area (Å²) in [6.07, 6.45) is 10.2. The smallest absolute Gasteiger partial charge is 0.407 e. The summed E-state index contributed by atoms with van der Waals surface area (Å²) in [5.41, 5.74) is 2.13. The van der Waals surface area contributed by atoms with Crippen LogP contribution in [0.3, 0.4) is 0 Å². The third-order valence-corrected chi connectivity index (χ3v) is 6.12. The molecule has 0 aliphatic carbocycles. The van der Waals surface area contributed by atoms with Crippen LogP contribution in [0.15, 0.2) is 65.8 Å². The standard InChI is InChI=1S/C33H38N4O6/c1-33(2,3)43-32(42)35-17-10-8-6-4-5-7-9-12-24-18-27(21-34-20-24)25-13-11-14-26(19-25)31(41)36-28-15-16-29(38)37(22-28)23-30(39)40/h11,13-16,18-22H,4-8,10,17,23H2,1-3H3,(H,35,42)(H,36,41)(H,39,40). The van der Waals surface area contributed by atoms with Crippen LogP contribution in [0.1, 0.15) is 75.2 Å². The van der Waals surface area contributed by atoms with Crippen LogP contribution in [0.5, 0.6) is 0 Å². The normalized spacial score (nSPS) is 10.8. The Morgan fingerprint density at radius 3 is 2.51 bits per heavy atom. The summed E-state index contributed by atoms with van der Waals surface area (Å²) in [7, 11) is 0. The molecule has 2 aromatic heterocycles. The summed E-state index contributed by atoms with van der Waals surface area (Å²) in [6, 6.07) is 11.6. The summed E-state index contributed by atoms with van der Waals surface area (Å²) in [5.74, 6) is 4.82. The van der Waals surface area contributed by atoms with Gasteiger partial charge in [-0.2, -0.15) is 0 Å². The molecule has 1 aromatic carbocycles. The highest BCUT2D eigenvalue weighted by Crippen LogP contribution is 2.21. The SMILES string of the molecule is CC(C)(C)OC(=O)NCCCCCCCC#Cc1cncc(-c2cccc(C(=O)Nc3ccc(=O)n(CC(=O)O)c3)c2)c1. The zero-order chi connectivity index (χ0) is 31.2. The summed E-state index contributed by atoms with van der Waals surface area (Å²) in [5, 5.41) is 14.5. The minimum atomic E-state index is -1.16. The van der Waals surface area contributed by atoms with Crippen LogP contribution in [0.2, 0.25) is 0 Å². The zero-order valence-electron chi connectivity index (χ0n) is 24.8. The Hall–Kier alpha value is -4.91. The Bertz CT molecular complexity index is 1540. The van der Waals surface area contributed by atoms with Crippen LogP contribution >= 0.6 is 0 Å². The molecule has 0 bridgehead atoms. The van der Waals surface area contributed by atoms with Gasteiger partial charge in [0.2, 0.25) is 0 Å². The number of aliphatic carboxylic acids is 1. The van der Waals surface area contributed by atoms with Crippen molar-refractivity contribution in [2.75, 3.05) is 11.9 Å². The minimum absolute atomic E-state index is 0.311. The van der Waals surface area contributed by atoms with E-state index in [1.165, 1.54) is 18.3 Å². The van der Waals surface area contributed by atoms with Crippen molar-refractivity contribution in [3.8, 4) is 23.0 Å². The number of nitrogens with one attached hydrogen (secondary N) is 2. The van der Waals surface area contributed by atoms with E-state index >= 15 is 0 Å². The molecule has 0 unspecified atom stereocenters. The predicted molar refractivity (Wildman–Crippen MR) is 165 cm³/mol. The quantitative estimate of drug-likeness (QED) is 0.189. The molecule has 3 rings (SSSR count). The number of aromatic nitrogens is 2. The molecule has 10 heteroatoms. The maximum absolute atomic E-state index is 12.9. The van der Waals surface area contributed by atoms with Crippen molar-refractivity contribution in [2.24, 2.45) is 0 Å². The van der Waals surface area contributed by atoms with Gasteiger partial charge >= 0.3 is 12.1 Å². The van der Waals surface area contributed by atoms with Gasteiger partial charge in [-0.05, 0) is 63.4 Å². The van der Waals surface area contributed by atoms with Crippen molar-refractivity contribution in [1.82, 2.24) is 14.9 Å². The molecule has 0 saturated carbocycles. The van der Waals surface area contributed by atoms with Crippen LogP contribution < -0.4 is 16.2 Å². The molecule has 10 nitrogen and oxygen atoms in total. The van der Waals surface area contributed by atoms with E-state index in [-0.39, 0.29) is 6.09 Å². The molecule has 0 aliphatic rings. The lowest BCUT2D eigenvalue weighted by Gasteiger charge is -2.19. The third-order valence-electron chi connectivity index (χ3n) is 6.12. The maximum atomic E-state index is 12.9. The van der Waals surface area contributed by atoms with Crippen molar-refractivity contribution in [3.05, 3.63) is 82.5 Å². The molecule has 3 aromatic rings. The van der Waals surface area contributed by atoms with Crippen molar-refractivity contribution in [2.45, 2.75) is 71.4 Å². The van der Waals surface area contributed by atoms with E-state index in [2.05, 4.69) is 27.5 Å². The molecule has 2 heterocycles. The second-order valence-electron chi connectivity index (χ2n) is 11.0. The number of hydrogen-bond donors (Lipinski definition) is 3. The summed E-state index contributed by atoms with van der Waals surface area (Å²) < 4.78 is 6.24. The van der Waals surface area contributed by atoms with Gasteiger partial charge < -0.3 is 25.0 Å². The Morgan fingerprint density at radius 1 is 0.977 bits per heavy atom. The van der Waals surface area contributed by atoms with Crippen molar-refractivity contribution in [1.29, 1.82) is 0 Å². The van der Waals surface area contributed by atoms with Crippen molar-refractivity contribution < 1.29 is 24.2 Å². The van der Waals surface area contributed by atoms with Gasteiger partial charge in [0.1, 0.15) is 12.1 Å². The number of benzene rings is 1. The summed E-state index contributed by atoms with van der Waals surface area (Å²) in [4.78, 5) is 51.7. The Labute approximate surface area is 251 Å². The largest absolute Gasteiger partial charge is 0.480 e. The van der Waals surface area contributed by atoms with Gasteiger partial charge in [0.05, 0.1) is 5.69 Å². The number of unbranched alkanes of at least 4 members (excludes halogenated alkanes) is 5. The number of amides is 2. The first-order chi connectivity index (χ1) is 20.5. The molecule has 3 N–H and O–H groups in total. The second-order valence-corrected chi connectivity index (χ2v) is 11.0. The number of ether oxygens (including phenoxy) is 1. The summed E-state index contributed by atoms with van der Waals surface area (Å²) in [6.45, 7) is 5.63. The van der Waals surface area contributed by atoms with Crippen LogP contribution in [-0.2, 0) is 16.1 Å². The molecule has 0 atom stereocenters. The molecule has 43 heavy (non-hydrogen) atoms. The van der Waals surface area contributed by atoms with Crippen LogP contribution in [0.25, 0.3) is 11.1 Å². The van der Waals surface area contributed by atoms with E-state index in [9.17, 15) is 19.2 Å². The molecular formula is C33H38N4O6. The highest BCUT2D eigenvalue weighted by molar-refractivity contribution is 6.04. The Morgan fingerprint density at radius 2 is 1.74 bits per heavy atom. The van der Waals surface area contributed by atoms with E-state index in [0.717, 1.165) is 59.8 Å². The topological polar surface area (TPSA) is 140 Å². The molecule has 0 spiro atoms. The molecule has 0 fully saturated rings. The first-order valence-electron chi connectivity index (χ1n) is 14.2. The average molecular weight is 587 g/mol. The van der Waals surface area contributed by atoms with E-state index < -0.39 is 29.6 Å². The van der Waals surface area contributed by atoms with Crippen molar-refractivity contribution >= 4 is 23.7 Å². The summed E-state index contributed by atoms with van der Waals surface area (Å²) >= 11 is 0. The molecule has 0 radical (unpaired) electrons. The van der Waals surface area contributed by atoms with Gasteiger partial charge in [-0.25, -0.2) is 4.79 Å². The molecule has 0 saturated heterocycles. The zero-order valence-corrected chi connectivity index (χ0v) is 24.8. The van der Waals surface area contributed by atoms with E-state index in [1.807, 2.05) is 32.9 Å². The lowest BCUT2D eigenvalue weighted by molar-refractivity contribution is -0.137. The Kier molecular flexibility index (Phi) is 12.1. The average Bonchev–Trinajstić information content (AvgIpc) is 2.95. The van der Waals surface area contributed by atoms with Gasteiger partial charge in [-0.15, -0.1) is 0 Å².